The number of nitro benzene ring substituents is 1. The van der Waals surface area contributed by atoms with E-state index in [2.05, 4.69) is 15.3 Å². The van der Waals surface area contributed by atoms with Gasteiger partial charge in [0.25, 0.3) is 5.69 Å². The van der Waals surface area contributed by atoms with Gasteiger partial charge in [0.05, 0.1) is 28.3 Å². The fourth-order valence-corrected chi connectivity index (χ4v) is 4.09. The van der Waals surface area contributed by atoms with Crippen LogP contribution in [-0.4, -0.2) is 48.2 Å². The van der Waals surface area contributed by atoms with Gasteiger partial charge in [-0.05, 0) is 56.9 Å². The van der Waals surface area contributed by atoms with E-state index < -0.39 is 23.0 Å². The van der Waals surface area contributed by atoms with Gasteiger partial charge >= 0.3 is 12.1 Å². The number of non-ortho nitro benzene ring substituents is 1. The van der Waals surface area contributed by atoms with Gasteiger partial charge in [-0.15, -0.1) is 5.10 Å². The summed E-state index contributed by atoms with van der Waals surface area (Å²) in [5.74, 6) is -0.541. The maximum atomic E-state index is 12.1. The van der Waals surface area contributed by atoms with E-state index in [9.17, 15) is 24.8 Å². The molecule has 3 aromatic rings. The molecule has 0 amide bonds. The summed E-state index contributed by atoms with van der Waals surface area (Å²) in [5.41, 5.74) is 1.84. The molecule has 0 bridgehead atoms. The van der Waals surface area contributed by atoms with Gasteiger partial charge in [-0.2, -0.15) is 0 Å². The molecule has 2 atom stereocenters. The van der Waals surface area contributed by atoms with Crippen LogP contribution in [0.4, 0.5) is 10.5 Å². The van der Waals surface area contributed by atoms with Crippen molar-refractivity contribution < 1.29 is 33.8 Å². The zero-order valence-electron chi connectivity index (χ0n) is 20.2. The molecule has 1 saturated carbocycles. The van der Waals surface area contributed by atoms with Crippen LogP contribution in [0.25, 0.3) is 11.4 Å². The lowest BCUT2D eigenvalue weighted by Crippen LogP contribution is -2.29. The van der Waals surface area contributed by atoms with Crippen molar-refractivity contribution in [3.63, 3.8) is 0 Å². The summed E-state index contributed by atoms with van der Waals surface area (Å²) in [6.07, 6.45) is 1.50. The maximum Gasteiger partial charge on any atom is 0.514 e. The summed E-state index contributed by atoms with van der Waals surface area (Å²) in [5, 5.41) is 28.2. The van der Waals surface area contributed by atoms with Crippen molar-refractivity contribution in [3.05, 3.63) is 57.9 Å². The third-order valence-electron chi connectivity index (χ3n) is 6.07. The fraction of sp³-hybridized carbons (Fsp3) is 0.375. The largest absolute Gasteiger partial charge is 0.514 e. The van der Waals surface area contributed by atoms with E-state index in [1.165, 1.54) is 28.9 Å². The van der Waals surface area contributed by atoms with Crippen molar-refractivity contribution >= 4 is 17.8 Å². The normalized spacial score (nSPS) is 17.1. The van der Waals surface area contributed by atoms with Gasteiger partial charge in [-0.1, -0.05) is 5.21 Å². The highest BCUT2D eigenvalue weighted by Gasteiger charge is 2.28. The third-order valence-corrected chi connectivity index (χ3v) is 6.07. The molecule has 13 nitrogen and oxygen atoms in total. The Balaban J connectivity index is 1.40. The smallest absolute Gasteiger partial charge is 0.489 e. The van der Waals surface area contributed by atoms with E-state index in [0.717, 1.165) is 12.8 Å². The van der Waals surface area contributed by atoms with Crippen LogP contribution >= 0.6 is 0 Å². The van der Waals surface area contributed by atoms with Gasteiger partial charge < -0.3 is 19.3 Å². The van der Waals surface area contributed by atoms with Crippen molar-refractivity contribution in [2.24, 2.45) is 13.0 Å². The number of carbonyl (C=O) groups excluding carboxylic acids is 1. The van der Waals surface area contributed by atoms with Gasteiger partial charge in [0, 0.05) is 19.2 Å². The number of carboxylic acid groups (broad SMARTS) is 1. The molecule has 2 aromatic heterocycles. The first-order valence-corrected chi connectivity index (χ1v) is 11.6. The Bertz CT molecular complexity index is 1310. The highest BCUT2D eigenvalue weighted by atomic mass is 16.7. The van der Waals surface area contributed by atoms with E-state index in [1.54, 1.807) is 26.1 Å². The number of carbonyl (C=O) groups is 2. The predicted molar refractivity (Wildman–Crippen MR) is 127 cm³/mol. The van der Waals surface area contributed by atoms with E-state index in [0.29, 0.717) is 41.4 Å². The average molecular weight is 511 g/mol. The second kappa shape index (κ2) is 11.0. The van der Waals surface area contributed by atoms with Crippen LogP contribution in [0.1, 0.15) is 37.1 Å². The van der Waals surface area contributed by atoms with Gasteiger partial charge in [0.1, 0.15) is 29.5 Å². The Morgan fingerprint density at radius 1 is 1.19 bits per heavy atom. The number of nitrogens with zero attached hydrogens (tertiary/aromatic N) is 5. The summed E-state index contributed by atoms with van der Waals surface area (Å²) in [7, 11) is 1.64. The van der Waals surface area contributed by atoms with Crippen LogP contribution in [0.15, 0.2) is 36.4 Å². The zero-order chi connectivity index (χ0) is 26.5. The van der Waals surface area contributed by atoms with Gasteiger partial charge in [0.2, 0.25) is 0 Å². The van der Waals surface area contributed by atoms with Crippen molar-refractivity contribution in [1.82, 2.24) is 20.0 Å². The molecule has 0 aliphatic heterocycles. The molecule has 0 unspecified atom stereocenters. The molecule has 0 radical (unpaired) electrons. The van der Waals surface area contributed by atoms with Crippen LogP contribution in [0, 0.1) is 23.0 Å². The number of hydrogen-bond acceptors (Lipinski definition) is 10. The molecule has 1 aliphatic rings. The molecular weight excluding hydrogens is 486 g/mol. The van der Waals surface area contributed by atoms with Crippen molar-refractivity contribution in [3.8, 4) is 22.9 Å². The van der Waals surface area contributed by atoms with Crippen LogP contribution in [0.2, 0.25) is 0 Å². The number of ether oxygens (including phenoxy) is 3. The topological polar surface area (TPSA) is 169 Å². The second-order valence-electron chi connectivity index (χ2n) is 8.62. The summed E-state index contributed by atoms with van der Waals surface area (Å²) >= 11 is 0. The number of carboxylic acids is 1. The molecule has 0 saturated heterocycles. The van der Waals surface area contributed by atoms with Gasteiger partial charge in [-0.3, -0.25) is 14.9 Å². The lowest BCUT2D eigenvalue weighted by molar-refractivity contribution is -0.384. The van der Waals surface area contributed by atoms with Crippen LogP contribution in [0.5, 0.6) is 11.5 Å². The Morgan fingerprint density at radius 2 is 1.95 bits per heavy atom. The molecule has 1 fully saturated rings. The average Bonchev–Trinajstić information content (AvgIpc) is 3.24. The van der Waals surface area contributed by atoms with Crippen LogP contribution < -0.4 is 9.47 Å². The molecule has 2 heterocycles. The summed E-state index contributed by atoms with van der Waals surface area (Å²) in [6.45, 7) is 1.58. The minimum absolute atomic E-state index is 0.0967. The molecule has 1 aliphatic carbocycles. The number of pyridine rings is 1. The van der Waals surface area contributed by atoms with E-state index in [-0.39, 0.29) is 24.1 Å². The molecule has 4 rings (SSSR count). The number of aliphatic carboxylic acids is 1. The van der Waals surface area contributed by atoms with Crippen LogP contribution in [0.3, 0.4) is 0 Å². The first-order chi connectivity index (χ1) is 17.7. The Labute approximate surface area is 211 Å². The summed E-state index contributed by atoms with van der Waals surface area (Å²) < 4.78 is 17.8. The van der Waals surface area contributed by atoms with E-state index >= 15 is 0 Å². The standard InChI is InChI=1S/C24H25N5O8/c1-14-21(36-18-5-3-4-15(12-18)23(30)31)11-10-19(25-14)22-20(28(2)27-26-22)13-35-24(32)37-17-8-6-16(7-9-17)29(33)34/h6-11,15,18H,3-5,12-13H2,1-2H3,(H,30,31)/t15-,18+/m1/s1. The Hall–Kier alpha value is -4.55. The minimum Gasteiger partial charge on any atom is -0.489 e. The monoisotopic (exact) mass is 511 g/mol. The molecule has 194 valence electrons. The van der Waals surface area contributed by atoms with Crippen molar-refractivity contribution in [1.29, 1.82) is 0 Å². The number of aromatic nitrogens is 4. The number of rotatable bonds is 8. The number of nitro groups is 1. The highest BCUT2D eigenvalue weighted by molar-refractivity contribution is 5.70. The van der Waals surface area contributed by atoms with Crippen molar-refractivity contribution in [2.75, 3.05) is 0 Å². The molecule has 13 heteroatoms. The zero-order valence-corrected chi connectivity index (χ0v) is 20.2. The second-order valence-corrected chi connectivity index (χ2v) is 8.62. The number of aryl methyl sites for hydroxylation is 2. The van der Waals surface area contributed by atoms with Crippen molar-refractivity contribution in [2.45, 2.75) is 45.3 Å². The fourth-order valence-electron chi connectivity index (χ4n) is 4.09. The lowest BCUT2D eigenvalue weighted by Gasteiger charge is -2.27. The lowest BCUT2D eigenvalue weighted by atomic mass is 9.87. The maximum absolute atomic E-state index is 12.1. The first-order valence-electron chi connectivity index (χ1n) is 11.6. The number of hydrogen-bond donors (Lipinski definition) is 1. The van der Waals surface area contributed by atoms with E-state index in [1.807, 2.05) is 0 Å². The predicted octanol–water partition coefficient (Wildman–Crippen LogP) is 3.83. The SMILES string of the molecule is Cc1nc(-c2nnn(C)c2COC(=O)Oc2ccc([N+](=O)[O-])cc2)ccc1O[C@H]1CCC[C@@H](C(=O)O)C1. The Morgan fingerprint density at radius 3 is 2.62 bits per heavy atom. The highest BCUT2D eigenvalue weighted by Crippen LogP contribution is 2.30. The molecule has 0 spiro atoms. The quantitative estimate of drug-likeness (QED) is 0.202. The van der Waals surface area contributed by atoms with Gasteiger partial charge in [0.15, 0.2) is 0 Å². The molecule has 1 aromatic carbocycles. The van der Waals surface area contributed by atoms with Gasteiger partial charge in [-0.25, -0.2) is 14.5 Å². The van der Waals surface area contributed by atoms with Crippen LogP contribution in [-0.2, 0) is 23.2 Å². The Kier molecular flexibility index (Phi) is 7.60. The first kappa shape index (κ1) is 25.5. The molecular formula is C24H25N5O8. The third kappa shape index (κ3) is 6.18. The molecule has 37 heavy (non-hydrogen) atoms. The summed E-state index contributed by atoms with van der Waals surface area (Å²) in [4.78, 5) is 38.2. The molecule has 1 N–H and O–H groups in total. The minimum atomic E-state index is -0.999. The summed E-state index contributed by atoms with van der Waals surface area (Å²) in [6, 6.07) is 8.48. The number of benzene rings is 1. The van der Waals surface area contributed by atoms with E-state index in [4.69, 9.17) is 14.2 Å².